The standard InChI is InChI=1S/C38H45ClFN7O2S/c1-38(2,3)49-37(48)46(19-16-25-10-13-28(40)14-11-25)18-7-17-42-22-27-12-15-30(21-27)47-23-31(32-33(41)44-36(39)45-34(32)47)35-43-29(24-50-35)20-26-8-5-4-6-9-26/h4-6,8-11,13-14,23-24,27,30,42H,7,12,15-22H2,1-3H3,(H2,41,44,45)/t27-,30+/m1/s1. The van der Waals surface area contributed by atoms with Gasteiger partial charge in [-0.2, -0.15) is 4.98 Å². The van der Waals surface area contributed by atoms with Gasteiger partial charge in [0.2, 0.25) is 5.28 Å². The lowest BCUT2D eigenvalue weighted by molar-refractivity contribution is 0.0250. The molecule has 0 aliphatic heterocycles. The van der Waals surface area contributed by atoms with E-state index in [1.54, 1.807) is 28.4 Å². The molecular formula is C38H45ClFN7O2S. The van der Waals surface area contributed by atoms with Gasteiger partial charge in [0.1, 0.15) is 27.9 Å². The highest BCUT2D eigenvalue weighted by Crippen LogP contribution is 2.41. The minimum Gasteiger partial charge on any atom is -0.444 e. The third-order valence-corrected chi connectivity index (χ3v) is 10.1. The van der Waals surface area contributed by atoms with Gasteiger partial charge in [-0.25, -0.2) is 19.2 Å². The Balaban J connectivity index is 1.05. The zero-order chi connectivity index (χ0) is 35.3. The lowest BCUT2D eigenvalue weighted by atomic mass is 10.1. The Morgan fingerprint density at radius 1 is 1.08 bits per heavy atom. The number of carbonyl (C=O) groups is 1. The van der Waals surface area contributed by atoms with Crippen molar-refractivity contribution in [3.63, 3.8) is 0 Å². The van der Waals surface area contributed by atoms with Crippen LogP contribution in [0.4, 0.5) is 15.0 Å². The molecule has 1 saturated carbocycles. The van der Waals surface area contributed by atoms with E-state index in [1.165, 1.54) is 17.7 Å². The lowest BCUT2D eigenvalue weighted by Crippen LogP contribution is -2.39. The number of benzene rings is 2. The van der Waals surface area contributed by atoms with E-state index in [1.807, 2.05) is 39.0 Å². The number of aromatic nitrogens is 4. The van der Waals surface area contributed by atoms with E-state index in [0.717, 1.165) is 78.1 Å². The first-order valence-corrected chi connectivity index (χ1v) is 18.5. The topological polar surface area (TPSA) is 111 Å². The minimum absolute atomic E-state index is 0.138. The first kappa shape index (κ1) is 35.8. The van der Waals surface area contributed by atoms with E-state index in [9.17, 15) is 9.18 Å². The van der Waals surface area contributed by atoms with Crippen LogP contribution in [0.1, 0.15) is 69.3 Å². The highest BCUT2D eigenvalue weighted by molar-refractivity contribution is 7.13. The summed E-state index contributed by atoms with van der Waals surface area (Å²) in [4.78, 5) is 28.6. The van der Waals surface area contributed by atoms with Gasteiger partial charge in [0.25, 0.3) is 0 Å². The van der Waals surface area contributed by atoms with Crippen LogP contribution in [0.5, 0.6) is 0 Å². The van der Waals surface area contributed by atoms with Crippen LogP contribution in [0.3, 0.4) is 0 Å². The number of carbonyl (C=O) groups excluding carboxylic acids is 1. The Morgan fingerprint density at radius 3 is 2.62 bits per heavy atom. The first-order valence-electron chi connectivity index (χ1n) is 17.3. The molecule has 3 aromatic heterocycles. The SMILES string of the molecule is CC(C)(C)OC(=O)N(CCCNC[C@@H]1CC[C@H](n2cc(-c3nc(Cc4ccccc4)cs3)c3c(N)nc(Cl)nc32)C1)CCc1ccc(F)cc1. The van der Waals surface area contributed by atoms with Crippen molar-refractivity contribution in [1.29, 1.82) is 0 Å². The number of fused-ring (bicyclic) bond motifs is 1. The number of halogens is 2. The van der Waals surface area contributed by atoms with Crippen molar-refractivity contribution >= 4 is 45.9 Å². The van der Waals surface area contributed by atoms with Gasteiger partial charge in [0.05, 0.1) is 11.1 Å². The monoisotopic (exact) mass is 717 g/mol. The van der Waals surface area contributed by atoms with E-state index in [-0.39, 0.29) is 23.2 Å². The maximum atomic E-state index is 13.4. The summed E-state index contributed by atoms with van der Waals surface area (Å²) in [5.74, 6) is 0.590. The third-order valence-electron chi connectivity index (χ3n) is 9.04. The fraction of sp³-hybridized carbons (Fsp3) is 0.421. The molecule has 50 heavy (non-hydrogen) atoms. The Labute approximate surface area is 302 Å². The van der Waals surface area contributed by atoms with Crippen LogP contribution in [0, 0.1) is 11.7 Å². The summed E-state index contributed by atoms with van der Waals surface area (Å²) in [5.41, 5.74) is 10.8. The number of nitrogens with zero attached hydrogens (tertiary/aromatic N) is 5. The van der Waals surface area contributed by atoms with Crippen molar-refractivity contribution in [2.75, 3.05) is 31.9 Å². The molecular weight excluding hydrogens is 673 g/mol. The number of thiazole rings is 1. The molecule has 5 aromatic rings. The number of ether oxygens (including phenoxy) is 1. The maximum absolute atomic E-state index is 13.4. The van der Waals surface area contributed by atoms with Crippen molar-refractivity contribution in [3.8, 4) is 10.6 Å². The van der Waals surface area contributed by atoms with Gasteiger partial charge in [-0.05, 0) is 107 Å². The number of hydrogen-bond donors (Lipinski definition) is 2. The molecule has 1 aliphatic rings. The number of anilines is 1. The molecule has 0 radical (unpaired) electrons. The second-order valence-electron chi connectivity index (χ2n) is 14.1. The van der Waals surface area contributed by atoms with Gasteiger partial charge < -0.3 is 25.3 Å². The minimum atomic E-state index is -0.580. The molecule has 0 spiro atoms. The van der Waals surface area contributed by atoms with Crippen molar-refractivity contribution in [2.45, 2.75) is 70.9 Å². The van der Waals surface area contributed by atoms with E-state index < -0.39 is 5.60 Å². The van der Waals surface area contributed by atoms with Crippen LogP contribution in [-0.4, -0.2) is 62.3 Å². The predicted molar refractivity (Wildman–Crippen MR) is 199 cm³/mol. The average Bonchev–Trinajstić information content (AvgIpc) is 3.82. The Bertz CT molecular complexity index is 1890. The van der Waals surface area contributed by atoms with Gasteiger partial charge in [0.15, 0.2) is 0 Å². The highest BCUT2D eigenvalue weighted by atomic mass is 35.5. The smallest absolute Gasteiger partial charge is 0.410 e. The summed E-state index contributed by atoms with van der Waals surface area (Å²) < 4.78 is 21.3. The van der Waals surface area contributed by atoms with E-state index >= 15 is 0 Å². The zero-order valence-electron chi connectivity index (χ0n) is 28.9. The second-order valence-corrected chi connectivity index (χ2v) is 15.3. The molecule has 2 aromatic carbocycles. The zero-order valence-corrected chi connectivity index (χ0v) is 30.4. The molecule has 3 heterocycles. The Morgan fingerprint density at radius 2 is 1.86 bits per heavy atom. The first-order chi connectivity index (χ1) is 24.0. The fourth-order valence-corrected chi connectivity index (χ4v) is 7.64. The van der Waals surface area contributed by atoms with Crippen LogP contribution in [0.25, 0.3) is 21.6 Å². The fourth-order valence-electron chi connectivity index (χ4n) is 6.63. The lowest BCUT2D eigenvalue weighted by Gasteiger charge is -2.27. The summed E-state index contributed by atoms with van der Waals surface area (Å²) >= 11 is 7.93. The molecule has 1 amide bonds. The summed E-state index contributed by atoms with van der Waals surface area (Å²) in [7, 11) is 0. The number of nitrogens with two attached hydrogens (primary N) is 1. The predicted octanol–water partition coefficient (Wildman–Crippen LogP) is 8.32. The van der Waals surface area contributed by atoms with Crippen LogP contribution >= 0.6 is 22.9 Å². The van der Waals surface area contributed by atoms with Gasteiger partial charge in [-0.15, -0.1) is 11.3 Å². The quantitative estimate of drug-likeness (QED) is 0.0931. The van der Waals surface area contributed by atoms with E-state index in [2.05, 4.69) is 43.6 Å². The molecule has 6 rings (SSSR count). The summed E-state index contributed by atoms with van der Waals surface area (Å²) in [6.45, 7) is 8.35. The van der Waals surface area contributed by atoms with Crippen LogP contribution in [0.15, 0.2) is 66.2 Å². The van der Waals surface area contributed by atoms with Crippen molar-refractivity contribution < 1.29 is 13.9 Å². The Kier molecular flexibility index (Phi) is 11.3. The number of nitrogen functional groups attached to an aromatic ring is 1. The number of nitrogens with one attached hydrogen (secondary N) is 1. The molecule has 0 bridgehead atoms. The molecule has 2 atom stereocenters. The van der Waals surface area contributed by atoms with Crippen LogP contribution < -0.4 is 11.1 Å². The molecule has 0 unspecified atom stereocenters. The van der Waals surface area contributed by atoms with Crippen molar-refractivity contribution in [3.05, 3.63) is 94.1 Å². The molecule has 1 fully saturated rings. The van der Waals surface area contributed by atoms with Crippen LogP contribution in [0.2, 0.25) is 5.28 Å². The van der Waals surface area contributed by atoms with E-state index in [0.29, 0.717) is 31.2 Å². The third kappa shape index (κ3) is 9.18. The Hall–Kier alpha value is -4.06. The van der Waals surface area contributed by atoms with Crippen molar-refractivity contribution in [2.24, 2.45) is 5.92 Å². The summed E-state index contributed by atoms with van der Waals surface area (Å²) in [6, 6.07) is 17.0. The largest absolute Gasteiger partial charge is 0.444 e. The molecule has 3 N–H and O–H groups in total. The number of rotatable bonds is 13. The number of hydrogen-bond acceptors (Lipinski definition) is 8. The molecule has 9 nitrogen and oxygen atoms in total. The second kappa shape index (κ2) is 15.9. The highest BCUT2D eigenvalue weighted by Gasteiger charge is 2.29. The van der Waals surface area contributed by atoms with Gasteiger partial charge in [-0.3, -0.25) is 0 Å². The number of amides is 1. The van der Waals surface area contributed by atoms with Crippen molar-refractivity contribution in [1.82, 2.24) is 29.7 Å². The van der Waals surface area contributed by atoms with Gasteiger partial charge in [0, 0.05) is 42.7 Å². The molecule has 0 saturated heterocycles. The normalized spacial score (nSPS) is 16.3. The van der Waals surface area contributed by atoms with Crippen LogP contribution in [-0.2, 0) is 17.6 Å². The van der Waals surface area contributed by atoms with Gasteiger partial charge in [-0.1, -0.05) is 42.5 Å². The summed E-state index contributed by atoms with van der Waals surface area (Å²) in [6.07, 6.45) is 7.09. The van der Waals surface area contributed by atoms with E-state index in [4.69, 9.17) is 27.1 Å². The molecule has 1 aliphatic carbocycles. The average molecular weight is 718 g/mol. The maximum Gasteiger partial charge on any atom is 0.410 e. The summed E-state index contributed by atoms with van der Waals surface area (Å²) in [5, 5.41) is 7.56. The molecule has 12 heteroatoms. The van der Waals surface area contributed by atoms with Gasteiger partial charge >= 0.3 is 6.09 Å². The molecule has 264 valence electrons.